The fraction of sp³-hybridized carbons (Fsp3) is 0.857. The highest BCUT2D eigenvalue weighted by atomic mass is 16.2. The van der Waals surface area contributed by atoms with Gasteiger partial charge < -0.3 is 10.2 Å². The summed E-state index contributed by atoms with van der Waals surface area (Å²) >= 11 is 0. The van der Waals surface area contributed by atoms with Gasteiger partial charge in [0.1, 0.15) is 5.78 Å². The zero-order valence-electron chi connectivity index (χ0n) is 11.3. The van der Waals surface area contributed by atoms with Crippen LogP contribution in [-0.4, -0.2) is 35.3 Å². The van der Waals surface area contributed by atoms with Gasteiger partial charge in [0.05, 0.1) is 0 Å². The maximum Gasteiger partial charge on any atom is 0.317 e. The Bertz CT molecular complexity index is 311. The van der Waals surface area contributed by atoms with E-state index in [-0.39, 0.29) is 17.9 Å². The van der Waals surface area contributed by atoms with Crippen molar-refractivity contribution in [2.45, 2.75) is 70.4 Å². The highest BCUT2D eigenvalue weighted by molar-refractivity contribution is 5.79. The van der Waals surface area contributed by atoms with Crippen LogP contribution in [0.5, 0.6) is 0 Å². The van der Waals surface area contributed by atoms with Gasteiger partial charge in [0.2, 0.25) is 0 Å². The number of ketones is 1. The standard InChI is InChI=1S/C14H24N2O2/c1-11(17)10-13-8-4-5-9-16(13)14(18)15-12-6-2-3-7-12/h12-13H,2-10H2,1H3,(H,15,18). The molecule has 0 aromatic carbocycles. The Kier molecular flexibility index (Phi) is 4.61. The number of piperidine rings is 1. The zero-order valence-corrected chi connectivity index (χ0v) is 11.3. The maximum absolute atomic E-state index is 12.2. The van der Waals surface area contributed by atoms with Crippen LogP contribution in [0.25, 0.3) is 0 Å². The van der Waals surface area contributed by atoms with Crippen LogP contribution >= 0.6 is 0 Å². The van der Waals surface area contributed by atoms with Crippen molar-refractivity contribution in [2.24, 2.45) is 0 Å². The molecular weight excluding hydrogens is 228 g/mol. The molecule has 2 rings (SSSR count). The maximum atomic E-state index is 12.2. The molecule has 102 valence electrons. The van der Waals surface area contributed by atoms with Gasteiger partial charge in [-0.3, -0.25) is 4.79 Å². The Hall–Kier alpha value is -1.06. The number of carbonyl (C=O) groups is 2. The molecule has 4 heteroatoms. The lowest BCUT2D eigenvalue weighted by Crippen LogP contribution is -2.51. The van der Waals surface area contributed by atoms with Gasteiger partial charge in [-0.2, -0.15) is 0 Å². The molecular formula is C14H24N2O2. The van der Waals surface area contributed by atoms with E-state index in [1.807, 2.05) is 4.90 Å². The number of urea groups is 1. The number of carbonyl (C=O) groups excluding carboxylic acids is 2. The van der Waals surface area contributed by atoms with Crippen molar-refractivity contribution in [1.82, 2.24) is 10.2 Å². The van der Waals surface area contributed by atoms with E-state index >= 15 is 0 Å². The highest BCUT2D eigenvalue weighted by Crippen LogP contribution is 2.22. The molecule has 2 fully saturated rings. The minimum absolute atomic E-state index is 0.0489. The Labute approximate surface area is 109 Å². The van der Waals surface area contributed by atoms with Crippen molar-refractivity contribution in [3.63, 3.8) is 0 Å². The monoisotopic (exact) mass is 252 g/mol. The Morgan fingerprint density at radius 2 is 1.78 bits per heavy atom. The van der Waals surface area contributed by atoms with Crippen molar-refractivity contribution in [3.8, 4) is 0 Å². The predicted molar refractivity (Wildman–Crippen MR) is 70.4 cm³/mol. The molecule has 1 aliphatic carbocycles. The van der Waals surface area contributed by atoms with E-state index in [0.29, 0.717) is 12.5 Å². The number of nitrogens with zero attached hydrogens (tertiary/aromatic N) is 1. The average molecular weight is 252 g/mol. The third kappa shape index (κ3) is 3.47. The molecule has 0 radical (unpaired) electrons. The van der Waals surface area contributed by atoms with Gasteiger partial charge in [-0.05, 0) is 39.0 Å². The largest absolute Gasteiger partial charge is 0.335 e. The van der Waals surface area contributed by atoms with Crippen molar-refractivity contribution in [1.29, 1.82) is 0 Å². The number of nitrogens with one attached hydrogen (secondary N) is 1. The summed E-state index contributed by atoms with van der Waals surface area (Å²) in [7, 11) is 0. The second kappa shape index (κ2) is 6.21. The van der Waals surface area contributed by atoms with E-state index in [1.165, 1.54) is 12.8 Å². The smallest absolute Gasteiger partial charge is 0.317 e. The van der Waals surface area contributed by atoms with Crippen LogP contribution in [0.2, 0.25) is 0 Å². The van der Waals surface area contributed by atoms with Gasteiger partial charge in [-0.15, -0.1) is 0 Å². The molecule has 4 nitrogen and oxygen atoms in total. The summed E-state index contributed by atoms with van der Waals surface area (Å²) in [6, 6.07) is 0.530. The molecule has 1 N–H and O–H groups in total. The molecule has 0 aromatic rings. The molecule has 1 saturated heterocycles. The van der Waals surface area contributed by atoms with Crippen LogP contribution in [0.4, 0.5) is 4.79 Å². The Morgan fingerprint density at radius 3 is 2.44 bits per heavy atom. The Morgan fingerprint density at radius 1 is 1.11 bits per heavy atom. The third-order valence-corrected chi connectivity index (χ3v) is 4.09. The lowest BCUT2D eigenvalue weighted by atomic mass is 9.98. The van der Waals surface area contributed by atoms with Crippen LogP contribution in [-0.2, 0) is 4.79 Å². The number of Topliss-reactive ketones (excluding diaryl/α,β-unsaturated/α-hetero) is 1. The summed E-state index contributed by atoms with van der Waals surface area (Å²) in [5.41, 5.74) is 0. The molecule has 1 heterocycles. The lowest BCUT2D eigenvalue weighted by Gasteiger charge is -2.36. The Balaban J connectivity index is 1.90. The average Bonchev–Trinajstić information content (AvgIpc) is 2.81. The molecule has 1 saturated carbocycles. The van der Waals surface area contributed by atoms with Crippen LogP contribution in [0.15, 0.2) is 0 Å². The second-order valence-electron chi connectivity index (χ2n) is 5.68. The highest BCUT2D eigenvalue weighted by Gasteiger charge is 2.29. The van der Waals surface area contributed by atoms with E-state index in [1.54, 1.807) is 6.92 Å². The first kappa shape index (κ1) is 13.4. The molecule has 18 heavy (non-hydrogen) atoms. The number of hydrogen-bond donors (Lipinski definition) is 1. The topological polar surface area (TPSA) is 49.4 Å². The van der Waals surface area contributed by atoms with Gasteiger partial charge in [0, 0.05) is 25.0 Å². The molecule has 2 amide bonds. The van der Waals surface area contributed by atoms with Crippen molar-refractivity contribution < 1.29 is 9.59 Å². The van der Waals surface area contributed by atoms with Gasteiger partial charge in [0.25, 0.3) is 0 Å². The van der Waals surface area contributed by atoms with E-state index < -0.39 is 0 Å². The number of likely N-dealkylation sites (tertiary alicyclic amines) is 1. The van der Waals surface area contributed by atoms with E-state index in [9.17, 15) is 9.59 Å². The van der Waals surface area contributed by atoms with E-state index in [0.717, 1.165) is 38.6 Å². The van der Waals surface area contributed by atoms with Crippen LogP contribution in [0.3, 0.4) is 0 Å². The minimum Gasteiger partial charge on any atom is -0.335 e. The SMILES string of the molecule is CC(=O)CC1CCCCN1C(=O)NC1CCCC1. The predicted octanol–water partition coefficient (Wildman–Crippen LogP) is 2.47. The molecule has 2 aliphatic rings. The van der Waals surface area contributed by atoms with Gasteiger partial charge in [-0.25, -0.2) is 4.79 Å². The lowest BCUT2D eigenvalue weighted by molar-refractivity contribution is -0.118. The van der Waals surface area contributed by atoms with Crippen LogP contribution in [0.1, 0.15) is 58.3 Å². The van der Waals surface area contributed by atoms with Gasteiger partial charge in [-0.1, -0.05) is 12.8 Å². The third-order valence-electron chi connectivity index (χ3n) is 4.09. The van der Waals surface area contributed by atoms with Gasteiger partial charge >= 0.3 is 6.03 Å². The first-order valence-corrected chi connectivity index (χ1v) is 7.23. The summed E-state index contributed by atoms with van der Waals surface area (Å²) in [4.78, 5) is 25.4. The van der Waals surface area contributed by atoms with Crippen LogP contribution in [0, 0.1) is 0 Å². The van der Waals surface area contributed by atoms with Gasteiger partial charge in [0.15, 0.2) is 0 Å². The number of hydrogen-bond acceptors (Lipinski definition) is 2. The normalized spacial score (nSPS) is 25.2. The molecule has 1 unspecified atom stereocenters. The first-order chi connectivity index (χ1) is 8.66. The zero-order chi connectivity index (χ0) is 13.0. The fourth-order valence-electron chi connectivity index (χ4n) is 3.14. The quantitative estimate of drug-likeness (QED) is 0.839. The number of amides is 2. The molecule has 0 bridgehead atoms. The van der Waals surface area contributed by atoms with E-state index in [2.05, 4.69) is 5.32 Å². The summed E-state index contributed by atoms with van der Waals surface area (Å²) in [5.74, 6) is 0.181. The summed E-state index contributed by atoms with van der Waals surface area (Å²) in [6.07, 6.45) is 8.34. The van der Waals surface area contributed by atoms with Crippen molar-refractivity contribution >= 4 is 11.8 Å². The molecule has 1 aliphatic heterocycles. The molecule has 0 spiro atoms. The van der Waals surface area contributed by atoms with E-state index in [4.69, 9.17) is 0 Å². The summed E-state index contributed by atoms with van der Waals surface area (Å²) < 4.78 is 0. The molecule has 0 aromatic heterocycles. The van der Waals surface area contributed by atoms with Crippen molar-refractivity contribution in [2.75, 3.05) is 6.54 Å². The second-order valence-corrected chi connectivity index (χ2v) is 5.68. The fourth-order valence-corrected chi connectivity index (χ4v) is 3.14. The minimum atomic E-state index is 0.0489. The number of rotatable bonds is 3. The summed E-state index contributed by atoms with van der Waals surface area (Å²) in [5, 5.41) is 3.13. The van der Waals surface area contributed by atoms with Crippen molar-refractivity contribution in [3.05, 3.63) is 0 Å². The van der Waals surface area contributed by atoms with Crippen LogP contribution < -0.4 is 5.32 Å². The molecule has 1 atom stereocenters. The summed E-state index contributed by atoms with van der Waals surface area (Å²) in [6.45, 7) is 2.41. The first-order valence-electron chi connectivity index (χ1n) is 7.23.